The van der Waals surface area contributed by atoms with Gasteiger partial charge < -0.3 is 4.85 Å². The van der Waals surface area contributed by atoms with E-state index >= 15 is 0 Å². The first-order valence-corrected chi connectivity index (χ1v) is 3.72. The van der Waals surface area contributed by atoms with Gasteiger partial charge in [-0.3, -0.25) is 0 Å². The first-order valence-electron chi connectivity index (χ1n) is 3.72. The van der Waals surface area contributed by atoms with Gasteiger partial charge in [0.2, 0.25) is 6.54 Å². The van der Waals surface area contributed by atoms with E-state index in [0.29, 0.717) is 12.5 Å². The summed E-state index contributed by atoms with van der Waals surface area (Å²) in [5.74, 6) is 0.369. The summed E-state index contributed by atoms with van der Waals surface area (Å²) in [4.78, 5) is 3.36. The fourth-order valence-corrected chi connectivity index (χ4v) is 1.02. The minimum Gasteiger partial charge on any atom is -0.316 e. The van der Waals surface area contributed by atoms with Gasteiger partial charge in [0.15, 0.2) is 0 Å². The third-order valence-electron chi connectivity index (χ3n) is 1.73. The van der Waals surface area contributed by atoms with Crippen molar-refractivity contribution >= 4 is 0 Å². The summed E-state index contributed by atoms with van der Waals surface area (Å²) < 4.78 is 0. The zero-order valence-electron chi connectivity index (χ0n) is 6.62. The Morgan fingerprint density at radius 3 is 2.55 bits per heavy atom. The molecule has 56 valence electrons. The molecule has 0 saturated carbocycles. The van der Waals surface area contributed by atoms with Crippen molar-refractivity contribution in [1.82, 2.24) is 0 Å². The van der Waals surface area contributed by atoms with Gasteiger partial charge in [-0.05, 0) is 5.56 Å². The van der Waals surface area contributed by atoms with Crippen LogP contribution in [0.15, 0.2) is 30.3 Å². The van der Waals surface area contributed by atoms with Crippen molar-refractivity contribution < 1.29 is 0 Å². The van der Waals surface area contributed by atoms with Gasteiger partial charge in [-0.15, -0.1) is 0 Å². The second kappa shape index (κ2) is 3.78. The molecule has 0 amide bonds. The quantitative estimate of drug-likeness (QED) is 0.563. The predicted octanol–water partition coefficient (Wildman–Crippen LogP) is 2.71. The van der Waals surface area contributed by atoms with Crippen molar-refractivity contribution in [3.05, 3.63) is 47.3 Å². The van der Waals surface area contributed by atoms with Gasteiger partial charge in [-0.1, -0.05) is 37.3 Å². The summed E-state index contributed by atoms with van der Waals surface area (Å²) in [5.41, 5.74) is 1.25. The molecule has 0 fully saturated rings. The Kier molecular flexibility index (Phi) is 2.68. The van der Waals surface area contributed by atoms with Crippen molar-refractivity contribution in [2.24, 2.45) is 0 Å². The van der Waals surface area contributed by atoms with Crippen LogP contribution in [-0.4, -0.2) is 6.54 Å². The predicted molar refractivity (Wildman–Crippen MR) is 46.3 cm³/mol. The molecular weight excluding hydrogens is 134 g/mol. The highest BCUT2D eigenvalue weighted by Gasteiger charge is 2.05. The maximum atomic E-state index is 6.71. The Morgan fingerprint density at radius 1 is 1.36 bits per heavy atom. The van der Waals surface area contributed by atoms with E-state index < -0.39 is 0 Å². The van der Waals surface area contributed by atoms with Crippen LogP contribution in [0.2, 0.25) is 0 Å². The van der Waals surface area contributed by atoms with Crippen LogP contribution in [0.25, 0.3) is 4.85 Å². The van der Waals surface area contributed by atoms with E-state index in [1.807, 2.05) is 18.2 Å². The molecule has 0 heterocycles. The van der Waals surface area contributed by atoms with E-state index in [1.165, 1.54) is 5.56 Å². The van der Waals surface area contributed by atoms with E-state index in [2.05, 4.69) is 23.9 Å². The molecule has 1 aromatic carbocycles. The van der Waals surface area contributed by atoms with Gasteiger partial charge in [0.1, 0.15) is 0 Å². The molecule has 0 aliphatic rings. The van der Waals surface area contributed by atoms with Crippen molar-refractivity contribution in [3.8, 4) is 0 Å². The third kappa shape index (κ3) is 2.09. The fourth-order valence-electron chi connectivity index (χ4n) is 1.02. The van der Waals surface area contributed by atoms with Crippen LogP contribution in [0.1, 0.15) is 18.4 Å². The first-order chi connectivity index (χ1) is 5.34. The van der Waals surface area contributed by atoms with Crippen LogP contribution in [0.3, 0.4) is 0 Å². The molecule has 1 rings (SSSR count). The lowest BCUT2D eigenvalue weighted by Gasteiger charge is -2.02. The van der Waals surface area contributed by atoms with E-state index in [-0.39, 0.29) is 0 Å². The average molecular weight is 145 g/mol. The molecule has 0 spiro atoms. The van der Waals surface area contributed by atoms with Gasteiger partial charge in [0.25, 0.3) is 0 Å². The first kappa shape index (κ1) is 7.81. The molecule has 0 aromatic heterocycles. The van der Waals surface area contributed by atoms with E-state index in [9.17, 15) is 0 Å². The van der Waals surface area contributed by atoms with Gasteiger partial charge in [-0.25, -0.2) is 6.57 Å². The second-order valence-corrected chi connectivity index (χ2v) is 2.65. The standard InChI is InChI=1S/C10H11N/c1-9(8-11-2)10-6-4-3-5-7-10/h3-7,9H,8H2,1H3. The number of nitrogens with zero attached hydrogens (tertiary/aromatic N) is 1. The molecule has 1 heteroatoms. The highest BCUT2D eigenvalue weighted by Crippen LogP contribution is 2.13. The van der Waals surface area contributed by atoms with Crippen LogP contribution < -0.4 is 0 Å². The summed E-state index contributed by atoms with van der Waals surface area (Å²) in [6.45, 7) is 9.37. The molecule has 0 saturated heterocycles. The fraction of sp³-hybridized carbons (Fsp3) is 0.300. The SMILES string of the molecule is [C-]#[N+]CC(C)c1ccccc1. The molecule has 0 N–H and O–H groups in total. The van der Waals surface area contributed by atoms with Gasteiger partial charge >= 0.3 is 0 Å². The van der Waals surface area contributed by atoms with Crippen molar-refractivity contribution in [2.75, 3.05) is 6.54 Å². The lowest BCUT2D eigenvalue weighted by atomic mass is 10.0. The molecular formula is C10H11N. The molecule has 0 aliphatic carbocycles. The Labute approximate surface area is 67.5 Å². The van der Waals surface area contributed by atoms with Crippen LogP contribution in [0.4, 0.5) is 0 Å². The zero-order chi connectivity index (χ0) is 8.10. The zero-order valence-corrected chi connectivity index (χ0v) is 6.62. The molecule has 1 nitrogen and oxygen atoms in total. The molecule has 0 aliphatic heterocycles. The number of rotatable bonds is 2. The molecule has 0 radical (unpaired) electrons. The Balaban J connectivity index is 2.70. The average Bonchev–Trinajstić information content (AvgIpc) is 2.07. The van der Waals surface area contributed by atoms with Gasteiger partial charge in [-0.2, -0.15) is 0 Å². The Hall–Kier alpha value is -1.29. The molecule has 1 aromatic rings. The van der Waals surface area contributed by atoms with Crippen LogP contribution >= 0.6 is 0 Å². The topological polar surface area (TPSA) is 4.36 Å². The van der Waals surface area contributed by atoms with Gasteiger partial charge in [0.05, 0.1) is 5.92 Å². The maximum absolute atomic E-state index is 6.71. The summed E-state index contributed by atoms with van der Waals surface area (Å²) >= 11 is 0. The highest BCUT2D eigenvalue weighted by molar-refractivity contribution is 5.19. The van der Waals surface area contributed by atoms with Crippen molar-refractivity contribution in [3.63, 3.8) is 0 Å². The minimum absolute atomic E-state index is 0.369. The van der Waals surface area contributed by atoms with E-state index in [4.69, 9.17) is 6.57 Å². The van der Waals surface area contributed by atoms with Crippen LogP contribution in [-0.2, 0) is 0 Å². The van der Waals surface area contributed by atoms with Crippen molar-refractivity contribution in [1.29, 1.82) is 0 Å². The second-order valence-electron chi connectivity index (χ2n) is 2.65. The maximum Gasteiger partial charge on any atom is 0.221 e. The number of hydrogen-bond donors (Lipinski definition) is 0. The molecule has 1 unspecified atom stereocenters. The summed E-state index contributed by atoms with van der Waals surface area (Å²) in [6, 6.07) is 10.1. The minimum atomic E-state index is 0.369. The number of benzene rings is 1. The van der Waals surface area contributed by atoms with Crippen molar-refractivity contribution in [2.45, 2.75) is 12.8 Å². The van der Waals surface area contributed by atoms with Crippen LogP contribution in [0, 0.1) is 6.57 Å². The normalized spacial score (nSPS) is 12.0. The molecule has 11 heavy (non-hydrogen) atoms. The summed E-state index contributed by atoms with van der Waals surface area (Å²) in [7, 11) is 0. The smallest absolute Gasteiger partial charge is 0.221 e. The lowest BCUT2D eigenvalue weighted by molar-refractivity contribution is 0.834. The monoisotopic (exact) mass is 145 g/mol. The van der Waals surface area contributed by atoms with E-state index in [1.54, 1.807) is 0 Å². The Morgan fingerprint density at radius 2 is 2.00 bits per heavy atom. The largest absolute Gasteiger partial charge is 0.316 e. The highest BCUT2D eigenvalue weighted by atomic mass is 14.6. The van der Waals surface area contributed by atoms with Gasteiger partial charge in [0, 0.05) is 0 Å². The lowest BCUT2D eigenvalue weighted by Crippen LogP contribution is -1.94. The summed E-state index contributed by atoms with van der Waals surface area (Å²) in [6.07, 6.45) is 0. The molecule has 0 bridgehead atoms. The van der Waals surface area contributed by atoms with E-state index in [0.717, 1.165) is 0 Å². The Bertz CT molecular complexity index is 245. The summed E-state index contributed by atoms with van der Waals surface area (Å²) in [5, 5.41) is 0. The number of hydrogen-bond acceptors (Lipinski definition) is 0. The third-order valence-corrected chi connectivity index (χ3v) is 1.73. The van der Waals surface area contributed by atoms with Crippen LogP contribution in [0.5, 0.6) is 0 Å². The molecule has 1 atom stereocenters.